The first kappa shape index (κ1) is 21.0. The first-order chi connectivity index (χ1) is 13.3. The maximum absolute atomic E-state index is 11.9. The van der Waals surface area contributed by atoms with Gasteiger partial charge in [0.15, 0.2) is 0 Å². The maximum Gasteiger partial charge on any atom is 0.263 e. The number of thioether (sulfide) groups is 1. The highest BCUT2D eigenvalue weighted by atomic mass is 35.5. The Morgan fingerprint density at radius 2 is 1.89 bits per heavy atom. The van der Waals surface area contributed by atoms with Crippen molar-refractivity contribution >= 4 is 63.5 Å². The minimum atomic E-state index is -0.254. The standard InChI is InChI=1S/C20H17Cl2NO3S2/c1-11-3-4-12(2)16(7-11)25-5-6-26-18-13(8-14(21)10-15(18)22)9-17-19(24)23-20(27)28-17/h3-4,7-10H,5-6H2,1-2H3,(H,23,24,27)/b17-9+. The first-order valence-electron chi connectivity index (χ1n) is 8.40. The Labute approximate surface area is 183 Å². The highest BCUT2D eigenvalue weighted by Crippen LogP contribution is 2.36. The van der Waals surface area contributed by atoms with E-state index in [1.165, 1.54) is 11.8 Å². The number of nitrogens with one attached hydrogen (secondary N) is 1. The van der Waals surface area contributed by atoms with E-state index < -0.39 is 0 Å². The molecule has 1 saturated heterocycles. The number of carbonyl (C=O) groups is 1. The Morgan fingerprint density at radius 1 is 1.14 bits per heavy atom. The molecule has 28 heavy (non-hydrogen) atoms. The third-order valence-corrected chi connectivity index (χ3v) is 5.56. The fraction of sp³-hybridized carbons (Fsp3) is 0.200. The molecule has 1 fully saturated rings. The molecular formula is C20H17Cl2NO3S2. The fourth-order valence-corrected chi connectivity index (χ4v) is 4.16. The SMILES string of the molecule is Cc1ccc(C)c(OCCOc2c(Cl)cc(Cl)cc2/C=C2/SC(=S)NC2=O)c1. The van der Waals surface area contributed by atoms with Gasteiger partial charge in [0, 0.05) is 10.6 Å². The monoisotopic (exact) mass is 453 g/mol. The third kappa shape index (κ3) is 5.20. The normalized spacial score (nSPS) is 15.1. The van der Waals surface area contributed by atoms with Gasteiger partial charge < -0.3 is 14.8 Å². The van der Waals surface area contributed by atoms with Crippen LogP contribution >= 0.6 is 47.2 Å². The summed E-state index contributed by atoms with van der Waals surface area (Å²) in [6, 6.07) is 9.32. The number of rotatable bonds is 6. The predicted octanol–water partition coefficient (Wildman–Crippen LogP) is 5.56. The van der Waals surface area contributed by atoms with Crippen LogP contribution in [0.25, 0.3) is 6.08 Å². The van der Waals surface area contributed by atoms with E-state index in [4.69, 9.17) is 44.9 Å². The molecule has 0 unspecified atom stereocenters. The summed E-state index contributed by atoms with van der Waals surface area (Å²) in [7, 11) is 0. The zero-order valence-corrected chi connectivity index (χ0v) is 18.3. The molecule has 2 aromatic carbocycles. The Balaban J connectivity index is 1.73. The van der Waals surface area contributed by atoms with Gasteiger partial charge in [-0.3, -0.25) is 4.79 Å². The molecular weight excluding hydrogens is 437 g/mol. The Bertz CT molecular complexity index is 976. The molecule has 8 heteroatoms. The van der Waals surface area contributed by atoms with Crippen molar-refractivity contribution in [3.63, 3.8) is 0 Å². The number of halogens is 2. The second kappa shape index (κ2) is 9.18. The van der Waals surface area contributed by atoms with E-state index in [9.17, 15) is 4.79 Å². The van der Waals surface area contributed by atoms with E-state index in [1.54, 1.807) is 18.2 Å². The Morgan fingerprint density at radius 3 is 2.61 bits per heavy atom. The summed E-state index contributed by atoms with van der Waals surface area (Å²) in [5.74, 6) is 1.00. The lowest BCUT2D eigenvalue weighted by molar-refractivity contribution is -0.115. The second-order valence-corrected chi connectivity index (χ2v) is 8.69. The van der Waals surface area contributed by atoms with Crippen molar-refractivity contribution in [2.75, 3.05) is 13.2 Å². The quantitative estimate of drug-likeness (QED) is 0.352. The van der Waals surface area contributed by atoms with E-state index in [-0.39, 0.29) is 12.5 Å². The molecule has 0 radical (unpaired) electrons. The van der Waals surface area contributed by atoms with Crippen LogP contribution in [0.3, 0.4) is 0 Å². The molecule has 0 spiro atoms. The van der Waals surface area contributed by atoms with Crippen molar-refractivity contribution < 1.29 is 14.3 Å². The van der Waals surface area contributed by atoms with E-state index in [0.29, 0.717) is 37.2 Å². The maximum atomic E-state index is 11.9. The van der Waals surface area contributed by atoms with Crippen LogP contribution in [-0.4, -0.2) is 23.4 Å². The number of amides is 1. The zero-order chi connectivity index (χ0) is 20.3. The lowest BCUT2D eigenvalue weighted by Crippen LogP contribution is -2.17. The van der Waals surface area contributed by atoms with E-state index >= 15 is 0 Å². The minimum absolute atomic E-state index is 0.254. The van der Waals surface area contributed by atoms with Crippen LogP contribution in [0.5, 0.6) is 11.5 Å². The molecule has 1 N–H and O–H groups in total. The van der Waals surface area contributed by atoms with Crippen molar-refractivity contribution in [1.29, 1.82) is 0 Å². The third-order valence-electron chi connectivity index (χ3n) is 3.90. The summed E-state index contributed by atoms with van der Waals surface area (Å²) < 4.78 is 12.1. The van der Waals surface area contributed by atoms with Crippen molar-refractivity contribution in [3.05, 3.63) is 62.0 Å². The summed E-state index contributed by atoms with van der Waals surface area (Å²) in [4.78, 5) is 12.4. The lowest BCUT2D eigenvalue weighted by atomic mass is 10.1. The number of carbonyl (C=O) groups excluding carboxylic acids is 1. The van der Waals surface area contributed by atoms with Gasteiger partial charge in [0.2, 0.25) is 0 Å². The smallest absolute Gasteiger partial charge is 0.263 e. The lowest BCUT2D eigenvalue weighted by Gasteiger charge is -2.14. The summed E-state index contributed by atoms with van der Waals surface area (Å²) in [6.45, 7) is 4.63. The van der Waals surface area contributed by atoms with Crippen LogP contribution in [0, 0.1) is 13.8 Å². The molecule has 1 aliphatic rings. The van der Waals surface area contributed by atoms with Crippen molar-refractivity contribution in [1.82, 2.24) is 5.32 Å². The van der Waals surface area contributed by atoms with Crippen molar-refractivity contribution in [3.8, 4) is 11.5 Å². The van der Waals surface area contributed by atoms with Crippen LogP contribution in [-0.2, 0) is 4.79 Å². The molecule has 4 nitrogen and oxygen atoms in total. The van der Waals surface area contributed by atoms with Crippen LogP contribution in [0.1, 0.15) is 16.7 Å². The summed E-state index contributed by atoms with van der Waals surface area (Å²) in [6.07, 6.45) is 1.66. The van der Waals surface area contributed by atoms with Gasteiger partial charge in [-0.05, 0) is 49.2 Å². The molecule has 146 valence electrons. The largest absolute Gasteiger partial charge is 0.490 e. The van der Waals surface area contributed by atoms with E-state index in [1.807, 2.05) is 32.0 Å². The zero-order valence-electron chi connectivity index (χ0n) is 15.2. The molecule has 0 bridgehead atoms. The van der Waals surface area contributed by atoms with Gasteiger partial charge in [-0.2, -0.15) is 0 Å². The van der Waals surface area contributed by atoms with Crippen LogP contribution in [0.2, 0.25) is 10.0 Å². The molecule has 1 heterocycles. The van der Waals surface area contributed by atoms with Gasteiger partial charge in [-0.15, -0.1) is 0 Å². The predicted molar refractivity (Wildman–Crippen MR) is 120 cm³/mol. The topological polar surface area (TPSA) is 47.6 Å². The number of benzene rings is 2. The van der Waals surface area contributed by atoms with Gasteiger partial charge in [-0.25, -0.2) is 0 Å². The molecule has 0 aromatic heterocycles. The van der Waals surface area contributed by atoms with Crippen LogP contribution in [0.4, 0.5) is 0 Å². The van der Waals surface area contributed by atoms with Gasteiger partial charge >= 0.3 is 0 Å². The van der Waals surface area contributed by atoms with Crippen molar-refractivity contribution in [2.24, 2.45) is 0 Å². The Hall–Kier alpha value is -1.73. The van der Waals surface area contributed by atoms with Crippen LogP contribution < -0.4 is 14.8 Å². The van der Waals surface area contributed by atoms with Gasteiger partial charge in [-0.1, -0.05) is 59.3 Å². The molecule has 1 aliphatic heterocycles. The highest BCUT2D eigenvalue weighted by molar-refractivity contribution is 8.26. The number of hydrogen-bond acceptors (Lipinski definition) is 5. The minimum Gasteiger partial charge on any atom is -0.490 e. The molecule has 0 saturated carbocycles. The molecule has 1 amide bonds. The first-order valence-corrected chi connectivity index (χ1v) is 10.4. The van der Waals surface area contributed by atoms with Crippen molar-refractivity contribution in [2.45, 2.75) is 13.8 Å². The van der Waals surface area contributed by atoms with Gasteiger partial charge in [0.25, 0.3) is 5.91 Å². The number of ether oxygens (including phenoxy) is 2. The Kier molecular flexibility index (Phi) is 6.88. The fourth-order valence-electron chi connectivity index (χ4n) is 2.56. The molecule has 2 aromatic rings. The average Bonchev–Trinajstić information content (AvgIpc) is 2.93. The van der Waals surface area contributed by atoms with Gasteiger partial charge in [0.1, 0.15) is 29.0 Å². The molecule has 3 rings (SSSR count). The van der Waals surface area contributed by atoms with E-state index in [2.05, 4.69) is 5.32 Å². The van der Waals surface area contributed by atoms with Crippen LogP contribution in [0.15, 0.2) is 35.2 Å². The molecule has 0 aliphatic carbocycles. The van der Waals surface area contributed by atoms with Gasteiger partial charge in [0.05, 0.1) is 9.93 Å². The average molecular weight is 454 g/mol. The summed E-state index contributed by atoms with van der Waals surface area (Å²) >= 11 is 18.6. The number of thiocarbonyl (C=S) groups is 1. The number of hydrogen-bond donors (Lipinski definition) is 1. The number of aryl methyl sites for hydroxylation is 2. The van der Waals surface area contributed by atoms with E-state index in [0.717, 1.165) is 16.9 Å². The molecule has 0 atom stereocenters. The highest BCUT2D eigenvalue weighted by Gasteiger charge is 2.23. The summed E-state index contributed by atoms with van der Waals surface area (Å²) in [5, 5.41) is 3.38. The second-order valence-electron chi connectivity index (χ2n) is 6.12. The summed E-state index contributed by atoms with van der Waals surface area (Å²) in [5.41, 5.74) is 2.79.